The van der Waals surface area contributed by atoms with E-state index in [0.717, 1.165) is 5.56 Å². The van der Waals surface area contributed by atoms with Gasteiger partial charge in [0.05, 0.1) is 20.5 Å². The monoisotopic (exact) mass is 369 g/mol. The van der Waals surface area contributed by atoms with Crippen molar-refractivity contribution in [3.05, 3.63) is 63.2 Å². The van der Waals surface area contributed by atoms with E-state index in [1.165, 1.54) is 31.3 Å². The number of halogens is 1. The Morgan fingerprint density at radius 2 is 1.92 bits per heavy atom. The van der Waals surface area contributed by atoms with Crippen LogP contribution in [-0.2, 0) is 10.0 Å². The van der Waals surface area contributed by atoms with E-state index in [4.69, 9.17) is 11.6 Å². The summed E-state index contributed by atoms with van der Waals surface area (Å²) in [5.74, 6) is 0. The van der Waals surface area contributed by atoms with Crippen LogP contribution in [0.2, 0.25) is 5.02 Å². The number of rotatable bonds is 6. The summed E-state index contributed by atoms with van der Waals surface area (Å²) >= 11 is 6.06. The Labute approximate surface area is 144 Å². The minimum Gasteiger partial charge on any atom is -0.377 e. The van der Waals surface area contributed by atoms with Gasteiger partial charge in [0.25, 0.3) is 5.69 Å². The molecular weight excluding hydrogens is 354 g/mol. The lowest BCUT2D eigenvalue weighted by atomic mass is 10.1. The molecule has 9 heteroatoms. The van der Waals surface area contributed by atoms with E-state index < -0.39 is 14.9 Å². The average molecular weight is 370 g/mol. The van der Waals surface area contributed by atoms with Crippen LogP contribution in [-0.4, -0.2) is 20.4 Å². The standard InChI is InChI=1S/C15H16ClN3O4S/c1-10(11-4-3-5-13(8-11)24(22,23)17-2)18-15-7-6-12(19(20)21)9-14(15)16/h3-10,17-18H,1-2H3. The topological polar surface area (TPSA) is 101 Å². The van der Waals surface area contributed by atoms with Gasteiger partial charge >= 0.3 is 0 Å². The van der Waals surface area contributed by atoms with Crippen molar-refractivity contribution >= 4 is 33.0 Å². The summed E-state index contributed by atoms with van der Waals surface area (Å²) in [6.07, 6.45) is 0. The van der Waals surface area contributed by atoms with Crippen LogP contribution in [0.4, 0.5) is 11.4 Å². The van der Waals surface area contributed by atoms with Crippen LogP contribution in [0.5, 0.6) is 0 Å². The van der Waals surface area contributed by atoms with Gasteiger partial charge in [0.2, 0.25) is 10.0 Å². The molecular formula is C15H16ClN3O4S. The summed E-state index contributed by atoms with van der Waals surface area (Å²) in [4.78, 5) is 10.4. The number of hydrogen-bond donors (Lipinski definition) is 2. The van der Waals surface area contributed by atoms with E-state index >= 15 is 0 Å². The lowest BCUT2D eigenvalue weighted by Crippen LogP contribution is -2.19. The highest BCUT2D eigenvalue weighted by molar-refractivity contribution is 7.89. The molecule has 0 amide bonds. The fraction of sp³-hybridized carbons (Fsp3) is 0.200. The Kier molecular flexibility index (Phi) is 5.43. The summed E-state index contributed by atoms with van der Waals surface area (Å²) in [5, 5.41) is 14.1. The number of hydrogen-bond acceptors (Lipinski definition) is 5. The van der Waals surface area contributed by atoms with Gasteiger partial charge in [0.15, 0.2) is 0 Å². The Balaban J connectivity index is 2.26. The van der Waals surface area contributed by atoms with E-state index in [1.807, 2.05) is 6.92 Å². The Bertz CT molecular complexity index is 871. The zero-order valence-electron chi connectivity index (χ0n) is 13.0. The number of nitro benzene ring substituents is 1. The highest BCUT2D eigenvalue weighted by Crippen LogP contribution is 2.30. The molecule has 2 rings (SSSR count). The molecule has 0 heterocycles. The quantitative estimate of drug-likeness (QED) is 0.600. The predicted molar refractivity (Wildman–Crippen MR) is 92.8 cm³/mol. The van der Waals surface area contributed by atoms with Crippen LogP contribution in [0.15, 0.2) is 47.4 Å². The van der Waals surface area contributed by atoms with Crippen LogP contribution in [0.1, 0.15) is 18.5 Å². The SMILES string of the molecule is CNS(=O)(=O)c1cccc(C(C)Nc2ccc([N+](=O)[O-])cc2Cl)c1. The molecule has 0 aliphatic heterocycles. The smallest absolute Gasteiger partial charge is 0.271 e. The normalized spacial score (nSPS) is 12.6. The molecule has 7 nitrogen and oxygen atoms in total. The molecule has 0 aromatic heterocycles. The molecule has 2 aromatic carbocycles. The van der Waals surface area contributed by atoms with Crippen molar-refractivity contribution in [1.82, 2.24) is 4.72 Å². The third-order valence-corrected chi connectivity index (χ3v) is 5.20. The van der Waals surface area contributed by atoms with Crippen LogP contribution in [0.3, 0.4) is 0 Å². The van der Waals surface area contributed by atoms with E-state index in [0.29, 0.717) is 5.69 Å². The second-order valence-electron chi connectivity index (χ2n) is 5.07. The Hall–Kier alpha value is -2.16. The molecule has 128 valence electrons. The zero-order valence-corrected chi connectivity index (χ0v) is 14.6. The van der Waals surface area contributed by atoms with Crippen LogP contribution in [0.25, 0.3) is 0 Å². The second-order valence-corrected chi connectivity index (χ2v) is 7.36. The van der Waals surface area contributed by atoms with Crippen molar-refractivity contribution < 1.29 is 13.3 Å². The van der Waals surface area contributed by atoms with Gasteiger partial charge in [-0.05, 0) is 37.7 Å². The molecule has 2 N–H and O–H groups in total. The summed E-state index contributed by atoms with van der Waals surface area (Å²) in [5.41, 5.74) is 1.16. The van der Waals surface area contributed by atoms with Crippen molar-refractivity contribution in [3.63, 3.8) is 0 Å². The Morgan fingerprint density at radius 3 is 2.50 bits per heavy atom. The zero-order chi connectivity index (χ0) is 17.9. The first-order valence-electron chi connectivity index (χ1n) is 6.98. The van der Waals surface area contributed by atoms with E-state index in [1.54, 1.807) is 18.2 Å². The molecule has 1 atom stereocenters. The molecule has 0 spiro atoms. The molecule has 0 aliphatic rings. The number of sulfonamides is 1. The van der Waals surface area contributed by atoms with Gasteiger partial charge in [-0.15, -0.1) is 0 Å². The Morgan fingerprint density at radius 1 is 1.21 bits per heavy atom. The molecule has 0 radical (unpaired) electrons. The largest absolute Gasteiger partial charge is 0.377 e. The number of anilines is 1. The fourth-order valence-corrected chi connectivity index (χ4v) is 3.13. The van der Waals surface area contributed by atoms with Crippen LogP contribution < -0.4 is 10.0 Å². The third kappa shape index (κ3) is 4.02. The maximum Gasteiger partial charge on any atom is 0.271 e. The van der Waals surface area contributed by atoms with Gasteiger partial charge < -0.3 is 5.32 Å². The lowest BCUT2D eigenvalue weighted by Gasteiger charge is -2.17. The first-order chi connectivity index (χ1) is 11.2. The van der Waals surface area contributed by atoms with E-state index in [-0.39, 0.29) is 21.6 Å². The van der Waals surface area contributed by atoms with Gasteiger partial charge in [-0.25, -0.2) is 13.1 Å². The number of nitro groups is 1. The summed E-state index contributed by atoms with van der Waals surface area (Å²) < 4.78 is 26.0. The molecule has 0 fully saturated rings. The minimum atomic E-state index is -3.53. The lowest BCUT2D eigenvalue weighted by molar-refractivity contribution is -0.384. The van der Waals surface area contributed by atoms with Crippen molar-refractivity contribution in [1.29, 1.82) is 0 Å². The van der Waals surface area contributed by atoms with E-state index in [2.05, 4.69) is 10.0 Å². The van der Waals surface area contributed by atoms with E-state index in [9.17, 15) is 18.5 Å². The van der Waals surface area contributed by atoms with Crippen molar-refractivity contribution in [2.45, 2.75) is 17.9 Å². The second kappa shape index (κ2) is 7.16. The first-order valence-corrected chi connectivity index (χ1v) is 8.84. The minimum absolute atomic E-state index is 0.0969. The molecule has 24 heavy (non-hydrogen) atoms. The summed E-state index contributed by atoms with van der Waals surface area (Å²) in [6.45, 7) is 1.84. The molecule has 0 saturated heterocycles. The molecule has 1 unspecified atom stereocenters. The highest BCUT2D eigenvalue weighted by atomic mass is 35.5. The maximum absolute atomic E-state index is 11.9. The van der Waals surface area contributed by atoms with Crippen molar-refractivity contribution in [2.24, 2.45) is 0 Å². The number of nitrogens with one attached hydrogen (secondary N) is 2. The van der Waals surface area contributed by atoms with Crippen LogP contribution in [0, 0.1) is 10.1 Å². The van der Waals surface area contributed by atoms with Crippen molar-refractivity contribution in [3.8, 4) is 0 Å². The number of nitrogens with zero attached hydrogens (tertiary/aromatic N) is 1. The van der Waals surface area contributed by atoms with Gasteiger partial charge in [0, 0.05) is 18.2 Å². The third-order valence-electron chi connectivity index (χ3n) is 3.47. The first kappa shape index (κ1) is 18.2. The number of non-ortho nitro benzene ring substituents is 1. The highest BCUT2D eigenvalue weighted by Gasteiger charge is 2.15. The van der Waals surface area contributed by atoms with Crippen LogP contribution >= 0.6 is 11.6 Å². The van der Waals surface area contributed by atoms with Gasteiger partial charge in [-0.3, -0.25) is 10.1 Å². The van der Waals surface area contributed by atoms with Crippen molar-refractivity contribution in [2.75, 3.05) is 12.4 Å². The number of benzene rings is 2. The summed E-state index contributed by atoms with van der Waals surface area (Å²) in [7, 11) is -2.18. The molecule has 0 saturated carbocycles. The summed E-state index contributed by atoms with van der Waals surface area (Å²) in [6, 6.07) is 10.4. The average Bonchev–Trinajstić information content (AvgIpc) is 2.56. The molecule has 0 aliphatic carbocycles. The van der Waals surface area contributed by atoms with Gasteiger partial charge in [0.1, 0.15) is 0 Å². The predicted octanol–water partition coefficient (Wildman–Crippen LogP) is 3.33. The maximum atomic E-state index is 11.9. The fourth-order valence-electron chi connectivity index (χ4n) is 2.12. The van der Waals surface area contributed by atoms with Gasteiger partial charge in [-0.2, -0.15) is 0 Å². The molecule has 2 aromatic rings. The molecule has 0 bridgehead atoms. The van der Waals surface area contributed by atoms with Gasteiger partial charge in [-0.1, -0.05) is 23.7 Å².